The molecule has 4 nitrogen and oxygen atoms in total. The summed E-state index contributed by atoms with van der Waals surface area (Å²) in [4.78, 5) is 8.03. The molecule has 0 aliphatic carbocycles. The van der Waals surface area contributed by atoms with Gasteiger partial charge in [0.1, 0.15) is 11.9 Å². The van der Waals surface area contributed by atoms with E-state index < -0.39 is 6.10 Å². The number of aliphatic hydroxyl groups excluding tert-OH is 1. The number of methoxy groups -OCH3 is 1. The number of hydrogen-bond donors (Lipinski definition) is 1. The van der Waals surface area contributed by atoms with Crippen LogP contribution in [-0.2, 0) is 0 Å². The van der Waals surface area contributed by atoms with Crippen LogP contribution < -0.4 is 4.74 Å². The molecule has 0 bridgehead atoms. The van der Waals surface area contributed by atoms with Gasteiger partial charge in [-0.1, -0.05) is 18.2 Å². The van der Waals surface area contributed by atoms with Gasteiger partial charge in [0, 0.05) is 18.0 Å². The molecule has 2 rings (SSSR count). The van der Waals surface area contributed by atoms with E-state index in [1.54, 1.807) is 37.7 Å². The van der Waals surface area contributed by atoms with E-state index in [0.717, 1.165) is 0 Å². The lowest BCUT2D eigenvalue weighted by Gasteiger charge is -2.12. The molecule has 1 aromatic carbocycles. The summed E-state index contributed by atoms with van der Waals surface area (Å²) in [5.41, 5.74) is 0.663. The number of benzene rings is 1. The van der Waals surface area contributed by atoms with Crippen LogP contribution in [0, 0.1) is 0 Å². The summed E-state index contributed by atoms with van der Waals surface area (Å²) in [6, 6.07) is 8.98. The Kier molecular flexibility index (Phi) is 3.12. The Balaban J connectivity index is 2.37. The molecule has 1 aromatic heterocycles. The minimum Gasteiger partial charge on any atom is -0.496 e. The first kappa shape index (κ1) is 10.6. The third-order valence-electron chi connectivity index (χ3n) is 2.26. The number of para-hydroxylation sites is 1. The smallest absolute Gasteiger partial charge is 0.161 e. The van der Waals surface area contributed by atoms with Crippen molar-refractivity contribution < 1.29 is 9.84 Å². The minimum atomic E-state index is -0.864. The Hall–Kier alpha value is -1.94. The Morgan fingerprint density at radius 1 is 1.12 bits per heavy atom. The first-order chi connectivity index (χ1) is 7.83. The number of aliphatic hydroxyl groups is 1. The lowest BCUT2D eigenvalue weighted by molar-refractivity contribution is 0.204. The minimum absolute atomic E-state index is 0.368. The van der Waals surface area contributed by atoms with Gasteiger partial charge < -0.3 is 9.84 Å². The molecule has 1 N–H and O–H groups in total. The monoisotopic (exact) mass is 216 g/mol. The standard InChI is InChI=1S/C12H12N2O2/c1-16-10-6-3-2-5-9(10)11(15)12-13-7-4-8-14-12/h2-8,11,15H,1H3. The molecule has 0 aliphatic rings. The average Bonchev–Trinajstić information content (AvgIpc) is 2.39. The number of nitrogens with zero attached hydrogens (tertiary/aromatic N) is 2. The third-order valence-corrected chi connectivity index (χ3v) is 2.26. The topological polar surface area (TPSA) is 55.2 Å². The van der Waals surface area contributed by atoms with Gasteiger partial charge in [-0.15, -0.1) is 0 Å². The highest BCUT2D eigenvalue weighted by Gasteiger charge is 2.16. The van der Waals surface area contributed by atoms with E-state index >= 15 is 0 Å². The molecule has 0 spiro atoms. The van der Waals surface area contributed by atoms with Crippen LogP contribution in [0.5, 0.6) is 5.75 Å². The van der Waals surface area contributed by atoms with E-state index in [4.69, 9.17) is 4.74 Å². The number of rotatable bonds is 3. The molecular weight excluding hydrogens is 204 g/mol. The molecule has 0 saturated heterocycles. The second-order valence-electron chi connectivity index (χ2n) is 3.25. The fourth-order valence-corrected chi connectivity index (χ4v) is 1.48. The predicted molar refractivity (Wildman–Crippen MR) is 59.1 cm³/mol. The number of hydrogen-bond acceptors (Lipinski definition) is 4. The maximum Gasteiger partial charge on any atom is 0.161 e. The zero-order chi connectivity index (χ0) is 11.4. The van der Waals surface area contributed by atoms with Gasteiger partial charge in [-0.3, -0.25) is 0 Å². The van der Waals surface area contributed by atoms with Crippen molar-refractivity contribution in [1.82, 2.24) is 9.97 Å². The van der Waals surface area contributed by atoms with Gasteiger partial charge >= 0.3 is 0 Å². The average molecular weight is 216 g/mol. The maximum atomic E-state index is 10.1. The maximum absolute atomic E-state index is 10.1. The fraction of sp³-hybridized carbons (Fsp3) is 0.167. The largest absolute Gasteiger partial charge is 0.496 e. The highest BCUT2D eigenvalue weighted by Crippen LogP contribution is 2.27. The Labute approximate surface area is 93.6 Å². The zero-order valence-corrected chi connectivity index (χ0v) is 8.87. The fourth-order valence-electron chi connectivity index (χ4n) is 1.48. The van der Waals surface area contributed by atoms with Crippen LogP contribution in [0.4, 0.5) is 0 Å². The normalized spacial score (nSPS) is 12.1. The SMILES string of the molecule is COc1ccccc1C(O)c1ncccn1. The summed E-state index contributed by atoms with van der Waals surface area (Å²) in [6.07, 6.45) is 2.33. The van der Waals surface area contributed by atoms with Crippen molar-refractivity contribution >= 4 is 0 Å². The van der Waals surface area contributed by atoms with Crippen LogP contribution >= 0.6 is 0 Å². The zero-order valence-electron chi connectivity index (χ0n) is 8.87. The molecule has 0 fully saturated rings. The van der Waals surface area contributed by atoms with Crippen LogP contribution in [0.3, 0.4) is 0 Å². The molecule has 82 valence electrons. The number of ether oxygens (including phenoxy) is 1. The van der Waals surface area contributed by atoms with E-state index in [1.165, 1.54) is 0 Å². The molecule has 0 amide bonds. The van der Waals surface area contributed by atoms with Crippen LogP contribution in [-0.4, -0.2) is 22.2 Å². The van der Waals surface area contributed by atoms with Crippen LogP contribution in [0.25, 0.3) is 0 Å². The quantitative estimate of drug-likeness (QED) is 0.846. The molecule has 1 atom stereocenters. The molecule has 1 unspecified atom stereocenters. The highest BCUT2D eigenvalue weighted by molar-refractivity contribution is 5.37. The molecule has 1 heterocycles. The van der Waals surface area contributed by atoms with Crippen molar-refractivity contribution in [3.8, 4) is 5.75 Å². The molecule has 0 aliphatic heterocycles. The van der Waals surface area contributed by atoms with Crippen molar-refractivity contribution in [3.63, 3.8) is 0 Å². The van der Waals surface area contributed by atoms with Crippen molar-refractivity contribution in [2.75, 3.05) is 7.11 Å². The summed E-state index contributed by atoms with van der Waals surface area (Å²) in [7, 11) is 1.57. The first-order valence-corrected chi connectivity index (χ1v) is 4.91. The molecule has 4 heteroatoms. The van der Waals surface area contributed by atoms with E-state index in [0.29, 0.717) is 17.1 Å². The van der Waals surface area contributed by atoms with E-state index in [-0.39, 0.29) is 0 Å². The lowest BCUT2D eigenvalue weighted by Crippen LogP contribution is -2.06. The van der Waals surface area contributed by atoms with Gasteiger partial charge in [0.15, 0.2) is 5.82 Å². The summed E-state index contributed by atoms with van der Waals surface area (Å²) >= 11 is 0. The van der Waals surface area contributed by atoms with E-state index in [1.807, 2.05) is 12.1 Å². The predicted octanol–water partition coefficient (Wildman–Crippen LogP) is 1.57. The molecule has 0 radical (unpaired) electrons. The van der Waals surface area contributed by atoms with Crippen LogP contribution in [0.15, 0.2) is 42.7 Å². The number of aromatic nitrogens is 2. The van der Waals surface area contributed by atoms with Gasteiger partial charge in [-0.05, 0) is 12.1 Å². The second-order valence-corrected chi connectivity index (χ2v) is 3.25. The van der Waals surface area contributed by atoms with Gasteiger partial charge in [0.05, 0.1) is 7.11 Å². The Morgan fingerprint density at radius 3 is 2.50 bits per heavy atom. The van der Waals surface area contributed by atoms with Crippen LogP contribution in [0.1, 0.15) is 17.5 Å². The Morgan fingerprint density at radius 2 is 1.81 bits per heavy atom. The van der Waals surface area contributed by atoms with Gasteiger partial charge in [-0.25, -0.2) is 9.97 Å². The van der Waals surface area contributed by atoms with Crippen molar-refractivity contribution in [3.05, 3.63) is 54.1 Å². The van der Waals surface area contributed by atoms with Crippen LogP contribution in [0.2, 0.25) is 0 Å². The Bertz CT molecular complexity index is 460. The summed E-state index contributed by atoms with van der Waals surface area (Å²) in [5.74, 6) is 0.995. The summed E-state index contributed by atoms with van der Waals surface area (Å²) < 4.78 is 5.17. The van der Waals surface area contributed by atoms with E-state index in [9.17, 15) is 5.11 Å². The van der Waals surface area contributed by atoms with Gasteiger partial charge in [0.25, 0.3) is 0 Å². The molecule has 2 aromatic rings. The van der Waals surface area contributed by atoms with Gasteiger partial charge in [-0.2, -0.15) is 0 Å². The second kappa shape index (κ2) is 4.72. The third kappa shape index (κ3) is 2.01. The first-order valence-electron chi connectivity index (χ1n) is 4.91. The molecular formula is C12H12N2O2. The van der Waals surface area contributed by atoms with Crippen molar-refractivity contribution in [2.45, 2.75) is 6.10 Å². The molecule has 16 heavy (non-hydrogen) atoms. The van der Waals surface area contributed by atoms with Crippen molar-refractivity contribution in [2.24, 2.45) is 0 Å². The summed E-state index contributed by atoms with van der Waals surface area (Å²) in [6.45, 7) is 0. The van der Waals surface area contributed by atoms with E-state index in [2.05, 4.69) is 9.97 Å². The summed E-state index contributed by atoms with van der Waals surface area (Å²) in [5, 5.41) is 10.1. The highest BCUT2D eigenvalue weighted by atomic mass is 16.5. The molecule has 0 saturated carbocycles. The van der Waals surface area contributed by atoms with Gasteiger partial charge in [0.2, 0.25) is 0 Å². The lowest BCUT2D eigenvalue weighted by atomic mass is 10.1. The van der Waals surface area contributed by atoms with Crippen molar-refractivity contribution in [1.29, 1.82) is 0 Å².